The van der Waals surface area contributed by atoms with Gasteiger partial charge in [-0.3, -0.25) is 0 Å². The number of ether oxygens (including phenoxy) is 2. The third kappa shape index (κ3) is 2.97. The third-order valence-electron chi connectivity index (χ3n) is 4.54. The highest BCUT2D eigenvalue weighted by Crippen LogP contribution is 2.40. The molecule has 1 aliphatic heterocycles. The smallest absolute Gasteiger partial charge is 0.161 e. The van der Waals surface area contributed by atoms with E-state index in [1.807, 2.05) is 12.1 Å². The van der Waals surface area contributed by atoms with Crippen molar-refractivity contribution in [2.75, 3.05) is 20.8 Å². The summed E-state index contributed by atoms with van der Waals surface area (Å²) in [6, 6.07) is 14.9. The zero-order chi connectivity index (χ0) is 16.2. The summed E-state index contributed by atoms with van der Waals surface area (Å²) in [7, 11) is 3.36. The van der Waals surface area contributed by atoms with Crippen LogP contribution in [-0.2, 0) is 6.42 Å². The van der Waals surface area contributed by atoms with Gasteiger partial charge in [-0.25, -0.2) is 0 Å². The van der Waals surface area contributed by atoms with Crippen LogP contribution in [-0.4, -0.2) is 20.8 Å². The van der Waals surface area contributed by atoms with Crippen LogP contribution in [0.4, 0.5) is 0 Å². The molecular formula is C20H23NO2. The molecule has 0 aromatic heterocycles. The molecule has 0 saturated heterocycles. The van der Waals surface area contributed by atoms with Crippen molar-refractivity contribution in [1.29, 1.82) is 0 Å². The van der Waals surface area contributed by atoms with E-state index in [2.05, 4.69) is 48.3 Å². The third-order valence-corrected chi connectivity index (χ3v) is 4.54. The van der Waals surface area contributed by atoms with E-state index in [0.717, 1.165) is 24.5 Å². The van der Waals surface area contributed by atoms with Gasteiger partial charge >= 0.3 is 0 Å². The van der Waals surface area contributed by atoms with Gasteiger partial charge in [-0.15, -0.1) is 6.58 Å². The molecular weight excluding hydrogens is 286 g/mol. The Morgan fingerprint density at radius 3 is 2.48 bits per heavy atom. The van der Waals surface area contributed by atoms with Gasteiger partial charge in [-0.2, -0.15) is 0 Å². The Hall–Kier alpha value is -2.26. The zero-order valence-corrected chi connectivity index (χ0v) is 13.7. The monoisotopic (exact) mass is 309 g/mol. The molecule has 1 aliphatic rings. The molecule has 2 atom stereocenters. The highest BCUT2D eigenvalue weighted by atomic mass is 16.5. The molecule has 0 unspecified atom stereocenters. The van der Waals surface area contributed by atoms with Gasteiger partial charge in [-0.1, -0.05) is 36.4 Å². The fraction of sp³-hybridized carbons (Fsp3) is 0.300. The van der Waals surface area contributed by atoms with E-state index in [4.69, 9.17) is 9.47 Å². The standard InChI is InChI=1S/C20H23NO2/c1-4-16(14-8-6-5-7-9-14)20-17-13-19(23-3)18(22-2)12-15(17)10-11-21-20/h4-9,12-13,16,20-21H,1,10-11H2,2-3H3/t16-,20+/m1/s1. The molecule has 0 amide bonds. The summed E-state index contributed by atoms with van der Waals surface area (Å²) < 4.78 is 10.9. The minimum Gasteiger partial charge on any atom is -0.493 e. The molecule has 120 valence electrons. The lowest BCUT2D eigenvalue weighted by Crippen LogP contribution is -2.33. The van der Waals surface area contributed by atoms with E-state index < -0.39 is 0 Å². The van der Waals surface area contributed by atoms with E-state index in [1.165, 1.54) is 16.7 Å². The molecule has 0 bridgehead atoms. The lowest BCUT2D eigenvalue weighted by molar-refractivity contribution is 0.351. The normalized spacial score (nSPS) is 17.9. The molecule has 0 fully saturated rings. The fourth-order valence-electron chi connectivity index (χ4n) is 3.38. The highest BCUT2D eigenvalue weighted by Gasteiger charge is 2.28. The first-order chi connectivity index (χ1) is 11.3. The van der Waals surface area contributed by atoms with Crippen LogP contribution in [0.3, 0.4) is 0 Å². The Bertz CT molecular complexity index is 682. The van der Waals surface area contributed by atoms with Crippen LogP contribution >= 0.6 is 0 Å². The first-order valence-electron chi connectivity index (χ1n) is 7.94. The summed E-state index contributed by atoms with van der Waals surface area (Å²) in [4.78, 5) is 0. The molecule has 0 spiro atoms. The van der Waals surface area contributed by atoms with Gasteiger partial charge in [0, 0.05) is 12.0 Å². The summed E-state index contributed by atoms with van der Waals surface area (Å²) in [5.41, 5.74) is 3.85. The van der Waals surface area contributed by atoms with Crippen LogP contribution in [0.1, 0.15) is 28.7 Å². The van der Waals surface area contributed by atoms with Crippen molar-refractivity contribution in [3.63, 3.8) is 0 Å². The minimum absolute atomic E-state index is 0.193. The van der Waals surface area contributed by atoms with Gasteiger partial charge in [0.15, 0.2) is 11.5 Å². The second kappa shape index (κ2) is 6.88. The number of fused-ring (bicyclic) bond motifs is 1. The van der Waals surface area contributed by atoms with Crippen LogP contribution in [0.25, 0.3) is 0 Å². The molecule has 23 heavy (non-hydrogen) atoms. The highest BCUT2D eigenvalue weighted by molar-refractivity contribution is 5.50. The predicted octanol–water partition coefficient (Wildman–Crippen LogP) is 3.86. The fourth-order valence-corrected chi connectivity index (χ4v) is 3.38. The second-order valence-corrected chi connectivity index (χ2v) is 5.76. The number of benzene rings is 2. The summed E-state index contributed by atoms with van der Waals surface area (Å²) in [5, 5.41) is 3.65. The average molecular weight is 309 g/mol. The Morgan fingerprint density at radius 2 is 1.83 bits per heavy atom. The first kappa shape index (κ1) is 15.6. The van der Waals surface area contributed by atoms with Gasteiger partial charge in [0.25, 0.3) is 0 Å². The van der Waals surface area contributed by atoms with Crippen LogP contribution in [0.15, 0.2) is 55.1 Å². The van der Waals surface area contributed by atoms with Gasteiger partial charge in [0.05, 0.1) is 14.2 Å². The Balaban J connectivity index is 2.05. The Morgan fingerprint density at radius 1 is 1.13 bits per heavy atom. The summed E-state index contributed by atoms with van der Waals surface area (Å²) >= 11 is 0. The quantitative estimate of drug-likeness (QED) is 0.851. The molecule has 1 N–H and O–H groups in total. The molecule has 0 saturated carbocycles. The maximum Gasteiger partial charge on any atom is 0.161 e. The Kier molecular flexibility index (Phi) is 4.68. The number of hydrogen-bond acceptors (Lipinski definition) is 3. The second-order valence-electron chi connectivity index (χ2n) is 5.76. The van der Waals surface area contributed by atoms with E-state index in [0.29, 0.717) is 0 Å². The SMILES string of the molecule is C=C[C@H](c1ccccc1)[C@@H]1NCCc2cc(OC)c(OC)cc21. The molecule has 2 aromatic rings. The molecule has 0 radical (unpaired) electrons. The number of hydrogen-bond donors (Lipinski definition) is 1. The number of rotatable bonds is 5. The van der Waals surface area contributed by atoms with Crippen molar-refractivity contribution in [3.8, 4) is 11.5 Å². The molecule has 2 aromatic carbocycles. The van der Waals surface area contributed by atoms with Crippen molar-refractivity contribution in [2.45, 2.75) is 18.4 Å². The van der Waals surface area contributed by atoms with Crippen molar-refractivity contribution in [3.05, 3.63) is 71.8 Å². The van der Waals surface area contributed by atoms with Gasteiger partial charge in [0.2, 0.25) is 0 Å². The topological polar surface area (TPSA) is 30.5 Å². The van der Waals surface area contributed by atoms with Crippen LogP contribution < -0.4 is 14.8 Å². The van der Waals surface area contributed by atoms with Crippen LogP contribution in [0.5, 0.6) is 11.5 Å². The van der Waals surface area contributed by atoms with Gasteiger partial charge in [-0.05, 0) is 41.8 Å². The lowest BCUT2D eigenvalue weighted by atomic mass is 9.82. The zero-order valence-electron chi connectivity index (χ0n) is 13.7. The van der Waals surface area contributed by atoms with Crippen molar-refractivity contribution < 1.29 is 9.47 Å². The number of methoxy groups -OCH3 is 2. The average Bonchev–Trinajstić information content (AvgIpc) is 2.62. The van der Waals surface area contributed by atoms with E-state index in [1.54, 1.807) is 14.2 Å². The summed E-state index contributed by atoms with van der Waals surface area (Å²) in [6.45, 7) is 5.01. The van der Waals surface area contributed by atoms with E-state index in [-0.39, 0.29) is 12.0 Å². The Labute approximate surface area is 137 Å². The maximum atomic E-state index is 5.49. The summed E-state index contributed by atoms with van der Waals surface area (Å²) in [5.74, 6) is 1.78. The predicted molar refractivity (Wildman–Crippen MR) is 93.4 cm³/mol. The molecule has 3 heteroatoms. The van der Waals surface area contributed by atoms with Gasteiger partial charge < -0.3 is 14.8 Å². The maximum absolute atomic E-state index is 5.49. The van der Waals surface area contributed by atoms with Crippen LogP contribution in [0.2, 0.25) is 0 Å². The molecule has 3 nitrogen and oxygen atoms in total. The van der Waals surface area contributed by atoms with Crippen molar-refractivity contribution in [2.24, 2.45) is 0 Å². The van der Waals surface area contributed by atoms with E-state index in [9.17, 15) is 0 Å². The van der Waals surface area contributed by atoms with Crippen molar-refractivity contribution >= 4 is 0 Å². The lowest BCUT2D eigenvalue weighted by Gasteiger charge is -2.33. The van der Waals surface area contributed by atoms with Gasteiger partial charge in [0.1, 0.15) is 0 Å². The number of nitrogens with one attached hydrogen (secondary N) is 1. The van der Waals surface area contributed by atoms with Crippen molar-refractivity contribution in [1.82, 2.24) is 5.32 Å². The largest absolute Gasteiger partial charge is 0.493 e. The van der Waals surface area contributed by atoms with Crippen LogP contribution in [0, 0.1) is 0 Å². The first-order valence-corrected chi connectivity index (χ1v) is 7.94. The molecule has 3 rings (SSSR count). The van der Waals surface area contributed by atoms with E-state index >= 15 is 0 Å². The minimum atomic E-state index is 0.193. The molecule has 1 heterocycles. The summed E-state index contributed by atoms with van der Waals surface area (Å²) in [6.07, 6.45) is 3.02. The molecule has 0 aliphatic carbocycles.